The van der Waals surface area contributed by atoms with Gasteiger partial charge in [-0.1, -0.05) is 0 Å². The van der Waals surface area contributed by atoms with Crippen molar-refractivity contribution in [3.8, 4) is 23.1 Å². The van der Waals surface area contributed by atoms with Gasteiger partial charge >= 0.3 is 0 Å². The number of aromatic nitrogens is 3. The number of ether oxygens (including phenoxy) is 1. The van der Waals surface area contributed by atoms with Crippen molar-refractivity contribution in [3.05, 3.63) is 59.1 Å². The Labute approximate surface area is 118 Å². The van der Waals surface area contributed by atoms with Gasteiger partial charge in [-0.25, -0.2) is 4.98 Å². The molecule has 0 aliphatic heterocycles. The molecule has 0 aliphatic rings. The standard InChI is InChI=1S/C13H8N4O4/c18-17(19)10-3-6-12(14-7-10)21-11-4-1-9(2-5-11)13-16-15-8-20-13/h1-8H. The number of pyridine rings is 1. The third kappa shape index (κ3) is 2.84. The molecule has 104 valence electrons. The maximum atomic E-state index is 10.5. The SMILES string of the molecule is O=[N+]([O-])c1ccc(Oc2ccc(-c3nnco3)cc2)nc1. The largest absolute Gasteiger partial charge is 0.439 e. The molecule has 2 heterocycles. The fourth-order valence-electron chi connectivity index (χ4n) is 1.63. The summed E-state index contributed by atoms with van der Waals surface area (Å²) in [5, 5.41) is 17.9. The van der Waals surface area contributed by atoms with Crippen molar-refractivity contribution in [2.45, 2.75) is 0 Å². The van der Waals surface area contributed by atoms with Gasteiger partial charge in [-0.2, -0.15) is 0 Å². The van der Waals surface area contributed by atoms with E-state index in [4.69, 9.17) is 9.15 Å². The van der Waals surface area contributed by atoms with Crippen molar-refractivity contribution in [2.24, 2.45) is 0 Å². The first kappa shape index (κ1) is 12.7. The Bertz CT molecular complexity index is 739. The Hall–Kier alpha value is -3.29. The summed E-state index contributed by atoms with van der Waals surface area (Å²) in [4.78, 5) is 13.9. The Morgan fingerprint density at radius 2 is 1.95 bits per heavy atom. The van der Waals surface area contributed by atoms with E-state index in [2.05, 4.69) is 15.2 Å². The molecule has 8 heteroatoms. The fourth-order valence-corrected chi connectivity index (χ4v) is 1.63. The lowest BCUT2D eigenvalue weighted by atomic mass is 10.2. The zero-order valence-electron chi connectivity index (χ0n) is 10.5. The molecule has 0 aliphatic carbocycles. The molecule has 0 amide bonds. The van der Waals surface area contributed by atoms with Gasteiger partial charge in [-0.3, -0.25) is 10.1 Å². The second-order valence-corrected chi connectivity index (χ2v) is 3.98. The fraction of sp³-hybridized carbons (Fsp3) is 0. The monoisotopic (exact) mass is 284 g/mol. The molecule has 8 nitrogen and oxygen atoms in total. The minimum Gasteiger partial charge on any atom is -0.439 e. The lowest BCUT2D eigenvalue weighted by Gasteiger charge is -2.04. The average molecular weight is 284 g/mol. The summed E-state index contributed by atoms with van der Waals surface area (Å²) < 4.78 is 10.6. The van der Waals surface area contributed by atoms with E-state index in [1.165, 1.54) is 18.5 Å². The topological polar surface area (TPSA) is 104 Å². The summed E-state index contributed by atoms with van der Waals surface area (Å²) in [6.45, 7) is 0. The minimum atomic E-state index is -0.518. The van der Waals surface area contributed by atoms with Crippen LogP contribution in [0.4, 0.5) is 5.69 Å². The number of nitrogens with zero attached hydrogens (tertiary/aromatic N) is 4. The maximum absolute atomic E-state index is 10.5. The van der Waals surface area contributed by atoms with E-state index in [1.54, 1.807) is 24.3 Å². The van der Waals surface area contributed by atoms with Crippen LogP contribution >= 0.6 is 0 Å². The minimum absolute atomic E-state index is 0.0888. The Morgan fingerprint density at radius 3 is 2.52 bits per heavy atom. The molecule has 0 N–H and O–H groups in total. The van der Waals surface area contributed by atoms with Crippen molar-refractivity contribution in [2.75, 3.05) is 0 Å². The van der Waals surface area contributed by atoms with Crippen LogP contribution in [0.15, 0.2) is 53.4 Å². The predicted octanol–water partition coefficient (Wildman–Crippen LogP) is 2.83. The Balaban J connectivity index is 1.74. The van der Waals surface area contributed by atoms with Crippen molar-refractivity contribution < 1.29 is 14.1 Å². The highest BCUT2D eigenvalue weighted by molar-refractivity contribution is 5.54. The summed E-state index contributed by atoms with van der Waals surface area (Å²) in [6.07, 6.45) is 2.39. The maximum Gasteiger partial charge on any atom is 0.287 e. The van der Waals surface area contributed by atoms with Crippen LogP contribution in [-0.2, 0) is 0 Å². The molecule has 0 atom stereocenters. The molecule has 0 fully saturated rings. The van der Waals surface area contributed by atoms with E-state index >= 15 is 0 Å². The van der Waals surface area contributed by atoms with E-state index in [9.17, 15) is 10.1 Å². The second-order valence-electron chi connectivity index (χ2n) is 3.98. The zero-order chi connectivity index (χ0) is 14.7. The van der Waals surface area contributed by atoms with Gasteiger partial charge < -0.3 is 9.15 Å². The summed E-state index contributed by atoms with van der Waals surface area (Å²) in [5.41, 5.74) is 0.672. The molecule has 3 aromatic rings. The summed E-state index contributed by atoms with van der Waals surface area (Å²) in [7, 11) is 0. The lowest BCUT2D eigenvalue weighted by Crippen LogP contribution is -1.91. The third-order valence-corrected chi connectivity index (χ3v) is 2.62. The van der Waals surface area contributed by atoms with Gasteiger partial charge in [0.1, 0.15) is 11.9 Å². The number of hydrogen-bond donors (Lipinski definition) is 0. The molecule has 0 saturated carbocycles. The van der Waals surface area contributed by atoms with E-state index in [-0.39, 0.29) is 11.6 Å². The summed E-state index contributed by atoms with van der Waals surface area (Å²) in [6, 6.07) is 9.70. The van der Waals surface area contributed by atoms with Gasteiger partial charge in [0, 0.05) is 17.7 Å². The molecule has 0 spiro atoms. The van der Waals surface area contributed by atoms with Crippen LogP contribution in [0.5, 0.6) is 11.6 Å². The normalized spacial score (nSPS) is 10.3. The number of benzene rings is 1. The molecule has 1 aromatic carbocycles. The molecule has 0 saturated heterocycles. The van der Waals surface area contributed by atoms with Crippen LogP contribution in [0.1, 0.15) is 0 Å². The quantitative estimate of drug-likeness (QED) is 0.535. The molecule has 0 radical (unpaired) electrons. The van der Waals surface area contributed by atoms with Gasteiger partial charge in [-0.15, -0.1) is 10.2 Å². The molecule has 2 aromatic heterocycles. The highest BCUT2D eigenvalue weighted by Crippen LogP contribution is 2.24. The van der Waals surface area contributed by atoms with Crippen LogP contribution in [0.25, 0.3) is 11.5 Å². The van der Waals surface area contributed by atoms with Gasteiger partial charge in [-0.05, 0) is 24.3 Å². The smallest absolute Gasteiger partial charge is 0.287 e. The number of rotatable bonds is 4. The van der Waals surface area contributed by atoms with Crippen LogP contribution < -0.4 is 4.74 Å². The van der Waals surface area contributed by atoms with Crippen molar-refractivity contribution in [1.82, 2.24) is 15.2 Å². The molecule has 0 bridgehead atoms. The number of hydrogen-bond acceptors (Lipinski definition) is 7. The van der Waals surface area contributed by atoms with Crippen LogP contribution in [0, 0.1) is 10.1 Å². The molecular weight excluding hydrogens is 276 g/mol. The zero-order valence-corrected chi connectivity index (χ0v) is 10.5. The van der Waals surface area contributed by atoms with Crippen LogP contribution in [0.3, 0.4) is 0 Å². The summed E-state index contributed by atoms with van der Waals surface area (Å²) in [5.74, 6) is 1.22. The highest BCUT2D eigenvalue weighted by Gasteiger charge is 2.07. The summed E-state index contributed by atoms with van der Waals surface area (Å²) >= 11 is 0. The van der Waals surface area contributed by atoms with Gasteiger partial charge in [0.2, 0.25) is 18.2 Å². The van der Waals surface area contributed by atoms with E-state index in [1.807, 2.05) is 0 Å². The van der Waals surface area contributed by atoms with Gasteiger partial charge in [0.05, 0.1) is 4.92 Å². The van der Waals surface area contributed by atoms with E-state index in [0.29, 0.717) is 11.6 Å². The van der Waals surface area contributed by atoms with Crippen molar-refractivity contribution >= 4 is 5.69 Å². The average Bonchev–Trinajstić information content (AvgIpc) is 3.03. The van der Waals surface area contributed by atoms with Crippen molar-refractivity contribution in [3.63, 3.8) is 0 Å². The number of nitro groups is 1. The van der Waals surface area contributed by atoms with Crippen LogP contribution in [-0.4, -0.2) is 20.1 Å². The molecule has 3 rings (SSSR count). The van der Waals surface area contributed by atoms with Gasteiger partial charge in [0.15, 0.2) is 0 Å². The predicted molar refractivity (Wildman–Crippen MR) is 70.7 cm³/mol. The third-order valence-electron chi connectivity index (χ3n) is 2.62. The Morgan fingerprint density at radius 1 is 1.14 bits per heavy atom. The lowest BCUT2D eigenvalue weighted by molar-refractivity contribution is -0.385. The highest BCUT2D eigenvalue weighted by atomic mass is 16.6. The van der Waals surface area contributed by atoms with Gasteiger partial charge in [0.25, 0.3) is 5.69 Å². The first-order valence-corrected chi connectivity index (χ1v) is 5.87. The first-order valence-electron chi connectivity index (χ1n) is 5.87. The molecular formula is C13H8N4O4. The van der Waals surface area contributed by atoms with Crippen molar-refractivity contribution in [1.29, 1.82) is 0 Å². The molecule has 21 heavy (non-hydrogen) atoms. The van der Waals surface area contributed by atoms with E-state index in [0.717, 1.165) is 11.8 Å². The molecule has 0 unspecified atom stereocenters. The van der Waals surface area contributed by atoms with E-state index < -0.39 is 4.92 Å². The Kier molecular flexibility index (Phi) is 3.26. The first-order chi connectivity index (χ1) is 10.2. The van der Waals surface area contributed by atoms with Crippen LogP contribution in [0.2, 0.25) is 0 Å². The second kappa shape index (κ2) is 5.37.